The Morgan fingerprint density at radius 2 is 2.38 bits per heavy atom. The fraction of sp³-hybridized carbons (Fsp3) is 0.833. The Kier molecular flexibility index (Phi) is 3.10. The minimum absolute atomic E-state index is 0.127. The van der Waals surface area contributed by atoms with Crippen molar-refractivity contribution < 1.29 is 13.6 Å². The van der Waals surface area contributed by atoms with E-state index in [4.69, 9.17) is 10.9 Å². The van der Waals surface area contributed by atoms with E-state index in [1.54, 1.807) is 5.48 Å². The summed E-state index contributed by atoms with van der Waals surface area (Å²) in [6.45, 7) is 0.127. The first-order valence-electron chi connectivity index (χ1n) is 3.98. The molecule has 1 unspecified atom stereocenters. The molecule has 1 saturated heterocycles. The summed E-state index contributed by atoms with van der Waals surface area (Å²) >= 11 is 0. The first-order chi connectivity index (χ1) is 6.06. The molecule has 0 aromatic heterocycles. The summed E-state index contributed by atoms with van der Waals surface area (Å²) in [5.41, 5.74) is 6.78. The standard InChI is InChI=1S/C6H13N3O3S/c7-6(9-10)8-4-5-2-1-3-13(5,11)12/h5,10H,1-4H2,(H3,7,8,9). The van der Waals surface area contributed by atoms with Crippen LogP contribution in [-0.4, -0.2) is 37.1 Å². The van der Waals surface area contributed by atoms with Gasteiger partial charge in [0.25, 0.3) is 0 Å². The van der Waals surface area contributed by atoms with E-state index in [0.717, 1.165) is 0 Å². The second kappa shape index (κ2) is 3.93. The molecule has 1 aliphatic rings. The van der Waals surface area contributed by atoms with Gasteiger partial charge in [0.2, 0.25) is 5.96 Å². The van der Waals surface area contributed by atoms with Crippen molar-refractivity contribution in [3.05, 3.63) is 0 Å². The molecule has 13 heavy (non-hydrogen) atoms. The number of guanidine groups is 1. The zero-order valence-electron chi connectivity index (χ0n) is 7.10. The maximum atomic E-state index is 11.3. The average Bonchev–Trinajstić information content (AvgIpc) is 2.41. The fourth-order valence-electron chi connectivity index (χ4n) is 1.30. The van der Waals surface area contributed by atoms with Crippen molar-refractivity contribution in [2.45, 2.75) is 18.1 Å². The lowest BCUT2D eigenvalue weighted by atomic mass is 10.2. The fourth-order valence-corrected chi connectivity index (χ4v) is 3.03. The van der Waals surface area contributed by atoms with Crippen LogP contribution in [0, 0.1) is 0 Å². The van der Waals surface area contributed by atoms with Crippen molar-refractivity contribution in [1.82, 2.24) is 5.48 Å². The topological polar surface area (TPSA) is 105 Å². The van der Waals surface area contributed by atoms with Crippen LogP contribution in [0.3, 0.4) is 0 Å². The number of nitrogens with two attached hydrogens (primary N) is 1. The van der Waals surface area contributed by atoms with Crippen molar-refractivity contribution in [3.63, 3.8) is 0 Å². The molecule has 1 fully saturated rings. The summed E-state index contributed by atoms with van der Waals surface area (Å²) < 4.78 is 22.5. The Balaban J connectivity index is 2.56. The van der Waals surface area contributed by atoms with Crippen LogP contribution >= 0.6 is 0 Å². The van der Waals surface area contributed by atoms with E-state index >= 15 is 0 Å². The van der Waals surface area contributed by atoms with E-state index < -0.39 is 15.1 Å². The van der Waals surface area contributed by atoms with E-state index in [9.17, 15) is 8.42 Å². The highest BCUT2D eigenvalue weighted by Crippen LogP contribution is 2.19. The average molecular weight is 207 g/mol. The SMILES string of the molecule is NC(=NCC1CCCS1(=O)=O)NO. The molecule has 7 heteroatoms. The number of hydrogen-bond acceptors (Lipinski definition) is 4. The van der Waals surface area contributed by atoms with Crippen molar-refractivity contribution >= 4 is 15.8 Å². The maximum absolute atomic E-state index is 11.3. The normalized spacial score (nSPS) is 27.5. The number of sulfone groups is 1. The van der Waals surface area contributed by atoms with Gasteiger partial charge in [-0.3, -0.25) is 10.2 Å². The van der Waals surface area contributed by atoms with Crippen molar-refractivity contribution in [2.75, 3.05) is 12.3 Å². The molecule has 6 nitrogen and oxygen atoms in total. The molecule has 1 rings (SSSR count). The summed E-state index contributed by atoms with van der Waals surface area (Å²) in [6, 6.07) is 0. The monoisotopic (exact) mass is 207 g/mol. The molecule has 0 spiro atoms. The lowest BCUT2D eigenvalue weighted by Crippen LogP contribution is -2.30. The van der Waals surface area contributed by atoms with Crippen LogP contribution in [0.5, 0.6) is 0 Å². The minimum Gasteiger partial charge on any atom is -0.368 e. The second-order valence-corrected chi connectivity index (χ2v) is 5.37. The highest BCUT2D eigenvalue weighted by Gasteiger charge is 2.30. The molecule has 0 bridgehead atoms. The van der Waals surface area contributed by atoms with Gasteiger partial charge in [0.1, 0.15) is 0 Å². The van der Waals surface area contributed by atoms with E-state index in [0.29, 0.717) is 12.8 Å². The van der Waals surface area contributed by atoms with Gasteiger partial charge in [-0.1, -0.05) is 0 Å². The summed E-state index contributed by atoms with van der Waals surface area (Å²) in [6.07, 6.45) is 1.32. The Bertz CT molecular complexity index is 298. The number of nitrogens with zero attached hydrogens (tertiary/aromatic N) is 1. The predicted octanol–water partition coefficient (Wildman–Crippen LogP) is -1.14. The molecule has 4 N–H and O–H groups in total. The molecule has 1 aliphatic heterocycles. The van der Waals surface area contributed by atoms with E-state index in [-0.39, 0.29) is 18.3 Å². The molecule has 1 atom stereocenters. The summed E-state index contributed by atoms with van der Waals surface area (Å²) in [5, 5.41) is 7.85. The van der Waals surface area contributed by atoms with Crippen LogP contribution in [-0.2, 0) is 9.84 Å². The molecule has 0 amide bonds. The molecule has 0 aromatic rings. The van der Waals surface area contributed by atoms with Gasteiger partial charge in [-0.25, -0.2) is 13.9 Å². The van der Waals surface area contributed by atoms with Crippen molar-refractivity contribution in [1.29, 1.82) is 0 Å². The predicted molar refractivity (Wildman–Crippen MR) is 48.2 cm³/mol. The minimum atomic E-state index is -2.96. The lowest BCUT2D eigenvalue weighted by molar-refractivity contribution is 0.232. The van der Waals surface area contributed by atoms with Gasteiger partial charge >= 0.3 is 0 Å². The largest absolute Gasteiger partial charge is 0.368 e. The van der Waals surface area contributed by atoms with E-state index in [1.807, 2.05) is 0 Å². The maximum Gasteiger partial charge on any atom is 0.212 e. The third-order valence-electron chi connectivity index (χ3n) is 2.04. The molecular weight excluding hydrogens is 194 g/mol. The third-order valence-corrected chi connectivity index (χ3v) is 4.30. The summed E-state index contributed by atoms with van der Waals surface area (Å²) in [5.74, 6) is 0.0849. The summed E-state index contributed by atoms with van der Waals surface area (Å²) in [7, 11) is -2.96. The first kappa shape index (κ1) is 10.3. The van der Waals surface area contributed by atoms with Crippen LogP contribution in [0.15, 0.2) is 4.99 Å². The van der Waals surface area contributed by atoms with Crippen LogP contribution in [0.4, 0.5) is 0 Å². The van der Waals surface area contributed by atoms with Crippen LogP contribution in [0.2, 0.25) is 0 Å². The molecule has 76 valence electrons. The quantitative estimate of drug-likeness (QED) is 0.301. The Labute approximate surface area is 76.7 Å². The molecule has 0 aliphatic carbocycles. The summed E-state index contributed by atoms with van der Waals surface area (Å²) in [4.78, 5) is 3.67. The number of hydroxylamine groups is 1. The van der Waals surface area contributed by atoms with Gasteiger partial charge < -0.3 is 5.73 Å². The second-order valence-electron chi connectivity index (χ2n) is 2.97. The smallest absolute Gasteiger partial charge is 0.212 e. The van der Waals surface area contributed by atoms with Crippen LogP contribution in [0.1, 0.15) is 12.8 Å². The number of nitrogens with one attached hydrogen (secondary N) is 1. The van der Waals surface area contributed by atoms with Crippen LogP contribution < -0.4 is 11.2 Å². The van der Waals surface area contributed by atoms with Gasteiger partial charge in [-0.15, -0.1) is 0 Å². The number of rotatable bonds is 2. The van der Waals surface area contributed by atoms with Crippen molar-refractivity contribution in [3.8, 4) is 0 Å². The third kappa shape index (κ3) is 2.56. The van der Waals surface area contributed by atoms with Gasteiger partial charge in [0.15, 0.2) is 9.84 Å². The van der Waals surface area contributed by atoms with Gasteiger partial charge in [0.05, 0.1) is 17.5 Å². The molecular formula is C6H13N3O3S. The zero-order chi connectivity index (χ0) is 9.90. The molecule has 0 aromatic carbocycles. The molecule has 1 heterocycles. The van der Waals surface area contributed by atoms with Gasteiger partial charge in [-0.05, 0) is 12.8 Å². The lowest BCUT2D eigenvalue weighted by Gasteiger charge is -2.05. The number of hydrogen-bond donors (Lipinski definition) is 3. The highest BCUT2D eigenvalue weighted by atomic mass is 32.2. The van der Waals surface area contributed by atoms with Crippen LogP contribution in [0.25, 0.3) is 0 Å². The first-order valence-corrected chi connectivity index (χ1v) is 5.69. The Hall–Kier alpha value is -0.820. The number of aliphatic imine (C=N–C) groups is 1. The highest BCUT2D eigenvalue weighted by molar-refractivity contribution is 7.92. The van der Waals surface area contributed by atoms with Crippen molar-refractivity contribution in [2.24, 2.45) is 10.7 Å². The van der Waals surface area contributed by atoms with Gasteiger partial charge in [-0.2, -0.15) is 0 Å². The van der Waals surface area contributed by atoms with Gasteiger partial charge in [0, 0.05) is 0 Å². The molecule has 0 radical (unpaired) electrons. The Morgan fingerprint density at radius 1 is 1.69 bits per heavy atom. The van der Waals surface area contributed by atoms with E-state index in [2.05, 4.69) is 4.99 Å². The zero-order valence-corrected chi connectivity index (χ0v) is 7.92. The Morgan fingerprint density at radius 3 is 2.85 bits per heavy atom. The molecule has 0 saturated carbocycles. The van der Waals surface area contributed by atoms with E-state index in [1.165, 1.54) is 0 Å².